The molecule has 5 nitrogen and oxygen atoms in total. The Morgan fingerprint density at radius 3 is 2.55 bits per heavy atom. The summed E-state index contributed by atoms with van der Waals surface area (Å²) in [4.78, 5) is 24.9. The van der Waals surface area contributed by atoms with Gasteiger partial charge in [-0.05, 0) is 31.9 Å². The number of carbonyl (C=O) groups is 2. The van der Waals surface area contributed by atoms with Crippen LogP contribution in [0.3, 0.4) is 0 Å². The molecule has 1 aromatic carbocycles. The lowest BCUT2D eigenvalue weighted by atomic mass is 9.90. The summed E-state index contributed by atoms with van der Waals surface area (Å²) < 4.78 is 5.31. The summed E-state index contributed by atoms with van der Waals surface area (Å²) in [6.45, 7) is 5.89. The summed E-state index contributed by atoms with van der Waals surface area (Å²) in [6.07, 6.45) is -0.474. The Morgan fingerprint density at radius 2 is 1.95 bits per heavy atom. The Morgan fingerprint density at radius 1 is 1.30 bits per heavy atom. The van der Waals surface area contributed by atoms with Crippen molar-refractivity contribution in [2.24, 2.45) is 0 Å². The van der Waals surface area contributed by atoms with Crippen LogP contribution in [0.5, 0.6) is 0 Å². The van der Waals surface area contributed by atoms with Crippen LogP contribution < -0.4 is 0 Å². The molecule has 0 radical (unpaired) electrons. The number of rotatable bonds is 1. The van der Waals surface area contributed by atoms with E-state index >= 15 is 0 Å². The van der Waals surface area contributed by atoms with Crippen LogP contribution in [-0.2, 0) is 16.1 Å². The van der Waals surface area contributed by atoms with Crippen molar-refractivity contribution >= 4 is 12.1 Å². The summed E-state index contributed by atoms with van der Waals surface area (Å²) >= 11 is 0. The number of benzene rings is 1. The van der Waals surface area contributed by atoms with Crippen molar-refractivity contribution in [2.45, 2.75) is 38.8 Å². The normalized spacial score (nSPS) is 18.4. The molecule has 0 spiro atoms. The van der Waals surface area contributed by atoms with Crippen LogP contribution in [-0.4, -0.2) is 34.2 Å². The Hall–Kier alpha value is -2.04. The Bertz CT molecular complexity index is 533. The highest BCUT2D eigenvalue weighted by Gasteiger charge is 2.34. The van der Waals surface area contributed by atoms with Gasteiger partial charge in [0.15, 0.2) is 0 Å². The molecule has 20 heavy (non-hydrogen) atoms. The van der Waals surface area contributed by atoms with Crippen molar-refractivity contribution in [3.63, 3.8) is 0 Å². The van der Waals surface area contributed by atoms with Crippen LogP contribution in [0.2, 0.25) is 0 Å². The number of hydrogen-bond donors (Lipinski definition) is 1. The molecule has 0 aliphatic carbocycles. The van der Waals surface area contributed by atoms with Gasteiger partial charge in [-0.3, -0.25) is 4.79 Å². The summed E-state index contributed by atoms with van der Waals surface area (Å²) in [5.41, 5.74) is 1.05. The fourth-order valence-electron chi connectivity index (χ4n) is 2.28. The van der Waals surface area contributed by atoms with Gasteiger partial charge < -0.3 is 14.7 Å². The van der Waals surface area contributed by atoms with E-state index in [-0.39, 0.29) is 6.54 Å². The first kappa shape index (κ1) is 14.4. The minimum atomic E-state index is -0.925. The second kappa shape index (κ2) is 5.15. The SMILES string of the molecule is CC(C)(C)OC(=O)N1Cc2ccccc2[C@@H](C(=O)O)C1. The molecule has 1 amide bonds. The molecule has 0 saturated carbocycles. The molecule has 0 saturated heterocycles. The van der Waals surface area contributed by atoms with Crippen molar-refractivity contribution < 1.29 is 19.4 Å². The number of hydrogen-bond acceptors (Lipinski definition) is 3. The Kier molecular flexibility index (Phi) is 3.70. The van der Waals surface area contributed by atoms with Crippen LogP contribution >= 0.6 is 0 Å². The van der Waals surface area contributed by atoms with Gasteiger partial charge in [0, 0.05) is 13.1 Å². The summed E-state index contributed by atoms with van der Waals surface area (Å²) in [7, 11) is 0. The van der Waals surface area contributed by atoms with Gasteiger partial charge >= 0.3 is 12.1 Å². The maximum atomic E-state index is 12.1. The van der Waals surface area contributed by atoms with E-state index in [4.69, 9.17) is 4.74 Å². The minimum Gasteiger partial charge on any atom is -0.481 e. The van der Waals surface area contributed by atoms with E-state index in [1.165, 1.54) is 4.90 Å². The largest absolute Gasteiger partial charge is 0.481 e. The van der Waals surface area contributed by atoms with Gasteiger partial charge in [-0.25, -0.2) is 4.79 Å². The molecular formula is C15H19NO4. The lowest BCUT2D eigenvalue weighted by Gasteiger charge is -2.34. The number of nitrogens with zero attached hydrogens (tertiary/aromatic N) is 1. The first-order chi connectivity index (χ1) is 9.28. The molecule has 1 aliphatic rings. The molecule has 0 fully saturated rings. The summed E-state index contributed by atoms with van der Waals surface area (Å²) in [5, 5.41) is 9.34. The van der Waals surface area contributed by atoms with Crippen molar-refractivity contribution in [1.82, 2.24) is 4.90 Å². The van der Waals surface area contributed by atoms with Gasteiger partial charge in [-0.1, -0.05) is 24.3 Å². The third-order valence-corrected chi connectivity index (χ3v) is 3.14. The number of carbonyl (C=O) groups excluding carboxylic acids is 1. The highest BCUT2D eigenvalue weighted by Crippen LogP contribution is 2.29. The van der Waals surface area contributed by atoms with Gasteiger partial charge in [0.1, 0.15) is 5.60 Å². The van der Waals surface area contributed by atoms with Crippen molar-refractivity contribution in [3.05, 3.63) is 35.4 Å². The third kappa shape index (κ3) is 3.10. The van der Waals surface area contributed by atoms with E-state index < -0.39 is 23.6 Å². The Labute approximate surface area is 118 Å². The molecule has 0 unspecified atom stereocenters. The number of fused-ring (bicyclic) bond motifs is 1. The highest BCUT2D eigenvalue weighted by molar-refractivity contribution is 5.79. The van der Waals surface area contributed by atoms with Crippen LogP contribution in [0.25, 0.3) is 0 Å². The highest BCUT2D eigenvalue weighted by atomic mass is 16.6. The first-order valence-corrected chi connectivity index (χ1v) is 6.56. The van der Waals surface area contributed by atoms with Gasteiger partial charge in [0.05, 0.1) is 5.92 Å². The molecular weight excluding hydrogens is 258 g/mol. The number of amides is 1. The second-order valence-electron chi connectivity index (χ2n) is 5.95. The lowest BCUT2D eigenvalue weighted by molar-refractivity contribution is -0.139. The first-order valence-electron chi connectivity index (χ1n) is 6.56. The molecule has 0 bridgehead atoms. The topological polar surface area (TPSA) is 66.8 Å². The van der Waals surface area contributed by atoms with Crippen LogP contribution in [0, 0.1) is 0 Å². The molecule has 1 atom stereocenters. The monoisotopic (exact) mass is 277 g/mol. The number of carboxylic acid groups (broad SMARTS) is 1. The quantitative estimate of drug-likeness (QED) is 0.856. The molecule has 1 heterocycles. The van der Waals surface area contributed by atoms with E-state index in [0.29, 0.717) is 6.54 Å². The fourth-order valence-corrected chi connectivity index (χ4v) is 2.28. The molecule has 0 aromatic heterocycles. The van der Waals surface area contributed by atoms with Crippen molar-refractivity contribution in [2.75, 3.05) is 6.54 Å². The predicted octanol–water partition coefficient (Wildman–Crippen LogP) is 2.61. The van der Waals surface area contributed by atoms with E-state index in [1.807, 2.05) is 18.2 Å². The van der Waals surface area contributed by atoms with E-state index in [9.17, 15) is 14.7 Å². The molecule has 1 aliphatic heterocycles. The van der Waals surface area contributed by atoms with E-state index in [1.54, 1.807) is 26.8 Å². The third-order valence-electron chi connectivity index (χ3n) is 3.14. The van der Waals surface area contributed by atoms with E-state index in [2.05, 4.69) is 0 Å². The summed E-state index contributed by atoms with van der Waals surface area (Å²) in [5.74, 6) is -1.63. The molecule has 1 N–H and O–H groups in total. The lowest BCUT2D eigenvalue weighted by Crippen LogP contribution is -2.43. The Balaban J connectivity index is 2.24. The molecule has 108 valence electrons. The van der Waals surface area contributed by atoms with Crippen LogP contribution in [0.15, 0.2) is 24.3 Å². The molecule has 5 heteroatoms. The fraction of sp³-hybridized carbons (Fsp3) is 0.467. The predicted molar refractivity (Wildman–Crippen MR) is 73.5 cm³/mol. The van der Waals surface area contributed by atoms with Gasteiger partial charge in [-0.15, -0.1) is 0 Å². The summed E-state index contributed by atoms with van der Waals surface area (Å²) in [6, 6.07) is 7.32. The minimum absolute atomic E-state index is 0.140. The average molecular weight is 277 g/mol. The molecule has 2 rings (SSSR count). The average Bonchev–Trinajstić information content (AvgIpc) is 2.35. The number of ether oxygens (including phenoxy) is 1. The molecule has 1 aromatic rings. The van der Waals surface area contributed by atoms with Crippen molar-refractivity contribution in [3.8, 4) is 0 Å². The van der Waals surface area contributed by atoms with Crippen molar-refractivity contribution in [1.29, 1.82) is 0 Å². The van der Waals surface area contributed by atoms with Crippen LogP contribution in [0.4, 0.5) is 4.79 Å². The van der Waals surface area contributed by atoms with E-state index in [0.717, 1.165) is 11.1 Å². The zero-order chi connectivity index (χ0) is 14.9. The maximum absolute atomic E-state index is 12.1. The zero-order valence-corrected chi connectivity index (χ0v) is 11.9. The van der Waals surface area contributed by atoms with Crippen LogP contribution in [0.1, 0.15) is 37.8 Å². The number of carboxylic acids is 1. The number of aliphatic carboxylic acids is 1. The van der Waals surface area contributed by atoms with Gasteiger partial charge in [0.25, 0.3) is 0 Å². The standard InChI is InChI=1S/C15H19NO4/c1-15(2,3)20-14(19)16-8-10-6-4-5-7-11(10)12(9-16)13(17)18/h4-7,12H,8-9H2,1-3H3,(H,17,18)/t12-/m0/s1. The smallest absolute Gasteiger partial charge is 0.410 e. The van der Waals surface area contributed by atoms with Gasteiger partial charge in [0.2, 0.25) is 0 Å². The second-order valence-corrected chi connectivity index (χ2v) is 5.95. The zero-order valence-electron chi connectivity index (χ0n) is 11.9. The van der Waals surface area contributed by atoms with Gasteiger partial charge in [-0.2, -0.15) is 0 Å². The maximum Gasteiger partial charge on any atom is 0.410 e.